The molecule has 2 N–H and O–H groups in total. The van der Waals surface area contributed by atoms with Crippen LogP contribution in [0.15, 0.2) is 36.0 Å². The third-order valence-corrected chi connectivity index (χ3v) is 4.03. The Balaban J connectivity index is 1.99. The highest BCUT2D eigenvalue weighted by Gasteiger charge is 2.19. The zero-order chi connectivity index (χ0) is 15.3. The van der Waals surface area contributed by atoms with E-state index in [1.165, 1.54) is 11.1 Å². The van der Waals surface area contributed by atoms with Crippen molar-refractivity contribution in [1.29, 1.82) is 0 Å². The molecule has 1 unspecified atom stereocenters. The molecule has 0 heterocycles. The first-order chi connectivity index (χ1) is 10.0. The topological polar surface area (TPSA) is 41.5 Å². The molecule has 1 aromatic carbocycles. The van der Waals surface area contributed by atoms with Crippen molar-refractivity contribution in [2.24, 2.45) is 0 Å². The number of nitrogens with one attached hydrogen (secondary N) is 1. The third kappa shape index (κ3) is 4.58. The summed E-state index contributed by atoms with van der Waals surface area (Å²) in [4.78, 5) is 5.16. The summed E-state index contributed by atoms with van der Waals surface area (Å²) in [5.41, 5.74) is 7.10. The van der Waals surface area contributed by atoms with Crippen LogP contribution in [0.25, 0.3) is 0 Å². The van der Waals surface area contributed by atoms with Gasteiger partial charge in [-0.1, -0.05) is 51.1 Å². The molecule has 0 fully saturated rings. The number of rotatable bonds is 5. The van der Waals surface area contributed by atoms with Gasteiger partial charge in [-0.2, -0.15) is 0 Å². The normalized spacial score (nSPS) is 19.2. The van der Waals surface area contributed by atoms with Gasteiger partial charge >= 0.3 is 0 Å². The minimum atomic E-state index is 0.0441. The first kappa shape index (κ1) is 16.1. The fourth-order valence-corrected chi connectivity index (χ4v) is 2.68. The summed E-state index contributed by atoms with van der Waals surface area (Å²) >= 11 is 0. The van der Waals surface area contributed by atoms with Gasteiger partial charge in [0.25, 0.3) is 0 Å². The summed E-state index contributed by atoms with van der Waals surface area (Å²) in [6.45, 7) is 7.14. The second kappa shape index (κ2) is 7.10. The first-order valence-corrected chi connectivity index (χ1v) is 7.79. The van der Waals surface area contributed by atoms with Gasteiger partial charge in [-0.05, 0) is 41.7 Å². The van der Waals surface area contributed by atoms with Crippen LogP contribution in [0.3, 0.4) is 0 Å². The first-order valence-electron chi connectivity index (χ1n) is 7.79. The van der Waals surface area contributed by atoms with Gasteiger partial charge in [0, 0.05) is 5.70 Å². The lowest BCUT2D eigenvalue weighted by molar-refractivity contribution is 0.0325. The van der Waals surface area contributed by atoms with Crippen LogP contribution in [0.5, 0.6) is 0 Å². The van der Waals surface area contributed by atoms with Gasteiger partial charge in [-0.15, -0.1) is 0 Å². The monoisotopic (exact) mass is 289 g/mol. The molecule has 0 aliphatic heterocycles. The molecule has 1 aliphatic rings. The lowest BCUT2D eigenvalue weighted by Gasteiger charge is -2.25. The van der Waals surface area contributed by atoms with Crippen LogP contribution in [0.2, 0.25) is 0 Å². The summed E-state index contributed by atoms with van der Waals surface area (Å²) in [7, 11) is 0. The van der Waals surface area contributed by atoms with E-state index in [0.29, 0.717) is 12.5 Å². The molecule has 0 bridgehead atoms. The van der Waals surface area contributed by atoms with E-state index >= 15 is 0 Å². The van der Waals surface area contributed by atoms with Crippen molar-refractivity contribution < 1.29 is 9.94 Å². The van der Waals surface area contributed by atoms with E-state index in [0.717, 1.165) is 25.0 Å². The maximum atomic E-state index is 8.69. The molecule has 0 saturated carbocycles. The molecular formula is C18H27NO2. The minimum absolute atomic E-state index is 0.0441. The highest BCUT2D eigenvalue weighted by atomic mass is 16.6. The Kier molecular flexibility index (Phi) is 5.43. The SMILES string of the molecule is CC(C)(C)c1cccc(C2CC=C(NOCCO)CC2)c1. The highest BCUT2D eigenvalue weighted by Crippen LogP contribution is 2.33. The lowest BCUT2D eigenvalue weighted by Crippen LogP contribution is -2.19. The van der Waals surface area contributed by atoms with Crippen LogP contribution in [0, 0.1) is 0 Å². The molecular weight excluding hydrogens is 262 g/mol. The molecule has 3 heteroatoms. The molecule has 1 aromatic rings. The van der Waals surface area contributed by atoms with Crippen molar-refractivity contribution in [3.8, 4) is 0 Å². The van der Waals surface area contributed by atoms with Gasteiger partial charge < -0.3 is 5.11 Å². The van der Waals surface area contributed by atoms with Gasteiger partial charge in [-0.3, -0.25) is 10.3 Å². The summed E-state index contributed by atoms with van der Waals surface area (Å²) in [6, 6.07) is 9.00. The van der Waals surface area contributed by atoms with Crippen molar-refractivity contribution >= 4 is 0 Å². The highest BCUT2D eigenvalue weighted by molar-refractivity contribution is 5.32. The molecule has 116 valence electrons. The third-order valence-electron chi connectivity index (χ3n) is 4.03. The van der Waals surface area contributed by atoms with E-state index in [-0.39, 0.29) is 12.0 Å². The van der Waals surface area contributed by atoms with E-state index < -0.39 is 0 Å². The van der Waals surface area contributed by atoms with E-state index in [2.05, 4.69) is 56.6 Å². The molecule has 0 saturated heterocycles. The van der Waals surface area contributed by atoms with Crippen molar-refractivity contribution in [2.75, 3.05) is 13.2 Å². The number of aliphatic hydroxyl groups is 1. The zero-order valence-electron chi connectivity index (χ0n) is 13.4. The molecule has 2 rings (SSSR count). The molecule has 3 nitrogen and oxygen atoms in total. The van der Waals surface area contributed by atoms with Crippen LogP contribution >= 0.6 is 0 Å². The smallest absolute Gasteiger partial charge is 0.0976 e. The van der Waals surface area contributed by atoms with E-state index in [9.17, 15) is 0 Å². The van der Waals surface area contributed by atoms with Crippen LogP contribution in [0.1, 0.15) is 57.1 Å². The number of hydrogen-bond acceptors (Lipinski definition) is 3. The summed E-state index contributed by atoms with van der Waals surface area (Å²) in [5, 5.41) is 8.69. The number of hydroxylamine groups is 1. The Morgan fingerprint density at radius 2 is 2.14 bits per heavy atom. The Morgan fingerprint density at radius 1 is 1.33 bits per heavy atom. The maximum absolute atomic E-state index is 8.69. The minimum Gasteiger partial charge on any atom is -0.394 e. The Hall–Kier alpha value is -1.32. The van der Waals surface area contributed by atoms with Crippen molar-refractivity contribution in [2.45, 2.75) is 51.4 Å². The standard InChI is InChI=1S/C18H27NO2/c1-18(2,3)16-6-4-5-15(13-16)14-7-9-17(10-8-14)19-21-12-11-20/h4-6,9,13-14,19-20H,7-8,10-12H2,1-3H3. The van der Waals surface area contributed by atoms with E-state index in [1.807, 2.05) is 0 Å². The largest absolute Gasteiger partial charge is 0.394 e. The van der Waals surface area contributed by atoms with Gasteiger partial charge in [0.15, 0.2) is 0 Å². The fraction of sp³-hybridized carbons (Fsp3) is 0.556. The van der Waals surface area contributed by atoms with Gasteiger partial charge in [0.1, 0.15) is 0 Å². The molecule has 1 aliphatic carbocycles. The molecule has 21 heavy (non-hydrogen) atoms. The van der Waals surface area contributed by atoms with Crippen molar-refractivity contribution in [3.05, 3.63) is 47.2 Å². The second-order valence-corrected chi connectivity index (χ2v) is 6.75. The van der Waals surface area contributed by atoms with Crippen LogP contribution in [-0.4, -0.2) is 18.3 Å². The molecule has 0 radical (unpaired) electrons. The fourth-order valence-electron chi connectivity index (χ4n) is 2.68. The lowest BCUT2D eigenvalue weighted by atomic mass is 9.81. The van der Waals surface area contributed by atoms with E-state index in [4.69, 9.17) is 9.94 Å². The maximum Gasteiger partial charge on any atom is 0.0976 e. The van der Waals surface area contributed by atoms with Crippen molar-refractivity contribution in [1.82, 2.24) is 5.48 Å². The van der Waals surface area contributed by atoms with Gasteiger partial charge in [0.2, 0.25) is 0 Å². The van der Waals surface area contributed by atoms with Crippen molar-refractivity contribution in [3.63, 3.8) is 0 Å². The van der Waals surface area contributed by atoms with E-state index in [1.54, 1.807) is 0 Å². The Bertz CT molecular complexity index is 488. The summed E-state index contributed by atoms with van der Waals surface area (Å²) in [6.07, 6.45) is 5.39. The average molecular weight is 289 g/mol. The number of hydrogen-bond donors (Lipinski definition) is 2. The molecule has 0 spiro atoms. The summed E-state index contributed by atoms with van der Waals surface area (Å²) in [5.74, 6) is 0.593. The van der Waals surface area contributed by atoms with Crippen LogP contribution in [0.4, 0.5) is 0 Å². The predicted octanol–water partition coefficient (Wildman–Crippen LogP) is 3.65. The van der Waals surface area contributed by atoms with Crippen LogP contribution in [-0.2, 0) is 10.3 Å². The van der Waals surface area contributed by atoms with Gasteiger partial charge in [0.05, 0.1) is 13.2 Å². The molecule has 1 atom stereocenters. The summed E-state index contributed by atoms with van der Waals surface area (Å²) < 4.78 is 0. The molecule has 0 aromatic heterocycles. The van der Waals surface area contributed by atoms with Crippen LogP contribution < -0.4 is 5.48 Å². The van der Waals surface area contributed by atoms with Gasteiger partial charge in [-0.25, -0.2) is 0 Å². The number of aliphatic hydroxyl groups excluding tert-OH is 1. The average Bonchev–Trinajstić information content (AvgIpc) is 2.47. The number of allylic oxidation sites excluding steroid dienone is 2. The Labute approximate surface area is 128 Å². The zero-order valence-corrected chi connectivity index (χ0v) is 13.4. The molecule has 0 amide bonds. The number of benzene rings is 1. The predicted molar refractivity (Wildman–Crippen MR) is 86.0 cm³/mol. The quantitative estimate of drug-likeness (QED) is 0.642. The second-order valence-electron chi connectivity index (χ2n) is 6.75. The Morgan fingerprint density at radius 3 is 2.76 bits per heavy atom.